The van der Waals surface area contributed by atoms with Crippen LogP contribution in [-0.2, 0) is 14.3 Å². The van der Waals surface area contributed by atoms with E-state index in [2.05, 4.69) is 13.8 Å². The predicted molar refractivity (Wildman–Crippen MR) is 74.9 cm³/mol. The zero-order valence-electron chi connectivity index (χ0n) is 12.5. The molecule has 1 unspecified atom stereocenters. The molecule has 1 aliphatic heterocycles. The van der Waals surface area contributed by atoms with Crippen LogP contribution >= 0.6 is 0 Å². The summed E-state index contributed by atoms with van der Waals surface area (Å²) in [5.41, 5.74) is 5.63. The minimum atomic E-state index is -0.0387. The van der Waals surface area contributed by atoms with Gasteiger partial charge in [0.1, 0.15) is 0 Å². The van der Waals surface area contributed by atoms with Gasteiger partial charge in [-0.1, -0.05) is 13.8 Å². The van der Waals surface area contributed by atoms with Crippen LogP contribution in [0.2, 0.25) is 0 Å². The highest BCUT2D eigenvalue weighted by Gasteiger charge is 2.21. The van der Waals surface area contributed by atoms with E-state index in [1.165, 1.54) is 0 Å². The minimum absolute atomic E-state index is 0.0387. The largest absolute Gasteiger partial charge is 0.378 e. The van der Waals surface area contributed by atoms with Crippen LogP contribution in [0.15, 0.2) is 0 Å². The van der Waals surface area contributed by atoms with Gasteiger partial charge in [0, 0.05) is 20.2 Å². The summed E-state index contributed by atoms with van der Waals surface area (Å²) in [7, 11) is 1.82. The average Bonchev–Trinajstić information content (AvgIpc) is 2.87. The fraction of sp³-hybridized carbons (Fsp3) is 0.929. The fourth-order valence-electron chi connectivity index (χ4n) is 2.14. The number of amides is 1. The Balaban J connectivity index is 2.12. The lowest BCUT2D eigenvalue weighted by Gasteiger charge is -2.29. The van der Waals surface area contributed by atoms with E-state index in [4.69, 9.17) is 15.2 Å². The summed E-state index contributed by atoms with van der Waals surface area (Å²) in [6.45, 7) is 7.27. The Morgan fingerprint density at radius 2 is 2.26 bits per heavy atom. The van der Waals surface area contributed by atoms with Crippen molar-refractivity contribution in [2.24, 2.45) is 11.1 Å². The van der Waals surface area contributed by atoms with E-state index in [1.54, 1.807) is 4.90 Å². The molecule has 0 bridgehead atoms. The molecule has 0 spiro atoms. The van der Waals surface area contributed by atoms with Crippen molar-refractivity contribution in [2.75, 3.05) is 40.0 Å². The van der Waals surface area contributed by atoms with Gasteiger partial charge in [-0.05, 0) is 24.8 Å². The van der Waals surface area contributed by atoms with Gasteiger partial charge in [0.15, 0.2) is 0 Å². The van der Waals surface area contributed by atoms with E-state index in [9.17, 15) is 4.79 Å². The normalized spacial score (nSPS) is 19.7. The molecular formula is C14H28N2O3. The molecule has 0 radical (unpaired) electrons. The highest BCUT2D eigenvalue weighted by Crippen LogP contribution is 2.14. The molecule has 1 saturated heterocycles. The van der Waals surface area contributed by atoms with Crippen LogP contribution in [0.5, 0.6) is 0 Å². The van der Waals surface area contributed by atoms with Crippen LogP contribution in [0.1, 0.15) is 33.1 Å². The van der Waals surface area contributed by atoms with Crippen LogP contribution in [0, 0.1) is 5.41 Å². The fourth-order valence-corrected chi connectivity index (χ4v) is 2.14. The van der Waals surface area contributed by atoms with Crippen molar-refractivity contribution >= 4 is 5.91 Å². The van der Waals surface area contributed by atoms with Crippen LogP contribution in [0.3, 0.4) is 0 Å². The van der Waals surface area contributed by atoms with Crippen molar-refractivity contribution < 1.29 is 14.3 Å². The zero-order chi connectivity index (χ0) is 14.3. The van der Waals surface area contributed by atoms with E-state index in [-0.39, 0.29) is 17.4 Å². The quantitative estimate of drug-likeness (QED) is 0.670. The number of hydrogen-bond acceptors (Lipinski definition) is 4. The Kier molecular flexibility index (Phi) is 6.75. The summed E-state index contributed by atoms with van der Waals surface area (Å²) in [4.78, 5) is 13.6. The molecule has 2 N–H and O–H groups in total. The molecule has 1 rings (SSSR count). The first kappa shape index (κ1) is 16.4. The third kappa shape index (κ3) is 6.36. The molecule has 1 fully saturated rings. The van der Waals surface area contributed by atoms with E-state index < -0.39 is 0 Å². The van der Waals surface area contributed by atoms with Crippen molar-refractivity contribution in [3.63, 3.8) is 0 Å². The van der Waals surface area contributed by atoms with Crippen molar-refractivity contribution in [1.29, 1.82) is 0 Å². The molecular weight excluding hydrogens is 244 g/mol. The second-order valence-electron chi connectivity index (χ2n) is 6.08. The lowest BCUT2D eigenvalue weighted by Crippen LogP contribution is -2.40. The van der Waals surface area contributed by atoms with Gasteiger partial charge in [-0.25, -0.2) is 0 Å². The predicted octanol–water partition coefficient (Wildman–Crippen LogP) is 1.02. The summed E-state index contributed by atoms with van der Waals surface area (Å²) >= 11 is 0. The average molecular weight is 272 g/mol. The molecule has 0 aromatic rings. The molecule has 1 heterocycles. The highest BCUT2D eigenvalue weighted by molar-refractivity contribution is 5.76. The highest BCUT2D eigenvalue weighted by atomic mass is 16.5. The molecule has 0 aromatic heterocycles. The summed E-state index contributed by atoms with van der Waals surface area (Å²) in [5, 5.41) is 0. The molecule has 112 valence electrons. The first-order valence-electron chi connectivity index (χ1n) is 7.08. The second kappa shape index (κ2) is 7.82. The van der Waals surface area contributed by atoms with E-state index in [1.807, 2.05) is 7.05 Å². The number of ether oxygens (including phenoxy) is 2. The number of carbonyl (C=O) groups excluding carboxylic acids is 1. The minimum Gasteiger partial charge on any atom is -0.378 e. The summed E-state index contributed by atoms with van der Waals surface area (Å²) in [6.07, 6.45) is 2.83. The van der Waals surface area contributed by atoms with Gasteiger partial charge in [-0.15, -0.1) is 0 Å². The smallest absolute Gasteiger partial charge is 0.224 e. The number of rotatable bonds is 8. The molecule has 0 aliphatic carbocycles. The number of nitrogens with zero attached hydrogens (tertiary/aromatic N) is 1. The maximum atomic E-state index is 11.9. The van der Waals surface area contributed by atoms with E-state index in [0.29, 0.717) is 32.7 Å². The standard InChI is InChI=1S/C14H28N2O3/c1-14(2,10-15)11-16(3)13(17)6-8-18-9-12-5-4-7-19-12/h12H,4-11,15H2,1-3H3. The van der Waals surface area contributed by atoms with E-state index >= 15 is 0 Å². The van der Waals surface area contributed by atoms with Gasteiger partial charge in [0.25, 0.3) is 0 Å². The van der Waals surface area contributed by atoms with Gasteiger partial charge in [-0.2, -0.15) is 0 Å². The van der Waals surface area contributed by atoms with Gasteiger partial charge in [0.05, 0.1) is 25.7 Å². The molecule has 19 heavy (non-hydrogen) atoms. The number of carbonyl (C=O) groups is 1. The van der Waals surface area contributed by atoms with Crippen molar-refractivity contribution in [3.05, 3.63) is 0 Å². The maximum Gasteiger partial charge on any atom is 0.224 e. The molecule has 5 nitrogen and oxygen atoms in total. The Labute approximate surface area is 116 Å². The van der Waals surface area contributed by atoms with Crippen LogP contribution in [0.25, 0.3) is 0 Å². The maximum absolute atomic E-state index is 11.9. The Bertz CT molecular complexity index is 276. The Morgan fingerprint density at radius 1 is 1.53 bits per heavy atom. The molecule has 1 atom stereocenters. The third-order valence-electron chi connectivity index (χ3n) is 3.43. The number of nitrogens with two attached hydrogens (primary N) is 1. The second-order valence-corrected chi connectivity index (χ2v) is 6.08. The van der Waals surface area contributed by atoms with Crippen molar-refractivity contribution in [2.45, 2.75) is 39.2 Å². The summed E-state index contributed by atoms with van der Waals surface area (Å²) in [6, 6.07) is 0. The lowest BCUT2D eigenvalue weighted by molar-refractivity contribution is -0.132. The Hall–Kier alpha value is -0.650. The van der Waals surface area contributed by atoms with Crippen molar-refractivity contribution in [3.8, 4) is 0 Å². The first-order valence-corrected chi connectivity index (χ1v) is 7.08. The van der Waals surface area contributed by atoms with Crippen LogP contribution < -0.4 is 5.73 Å². The Morgan fingerprint density at radius 3 is 2.84 bits per heavy atom. The van der Waals surface area contributed by atoms with Gasteiger partial charge in [0.2, 0.25) is 5.91 Å². The number of hydrogen-bond donors (Lipinski definition) is 1. The van der Waals surface area contributed by atoms with E-state index in [0.717, 1.165) is 19.4 Å². The molecule has 0 saturated carbocycles. The molecule has 1 aliphatic rings. The molecule has 1 amide bonds. The summed E-state index contributed by atoms with van der Waals surface area (Å²) < 4.78 is 11.0. The molecule has 5 heteroatoms. The topological polar surface area (TPSA) is 64.8 Å². The van der Waals surface area contributed by atoms with Crippen LogP contribution in [0.4, 0.5) is 0 Å². The third-order valence-corrected chi connectivity index (χ3v) is 3.43. The van der Waals surface area contributed by atoms with Gasteiger partial charge < -0.3 is 20.1 Å². The molecule has 0 aromatic carbocycles. The van der Waals surface area contributed by atoms with Gasteiger partial charge in [-0.3, -0.25) is 4.79 Å². The van der Waals surface area contributed by atoms with Gasteiger partial charge >= 0.3 is 0 Å². The SMILES string of the molecule is CN(CC(C)(C)CN)C(=O)CCOCC1CCCO1. The lowest BCUT2D eigenvalue weighted by atomic mass is 9.93. The van der Waals surface area contributed by atoms with Crippen molar-refractivity contribution in [1.82, 2.24) is 4.90 Å². The summed E-state index contributed by atoms with van der Waals surface area (Å²) in [5.74, 6) is 0.105. The first-order chi connectivity index (χ1) is 8.94. The van der Waals surface area contributed by atoms with Crippen LogP contribution in [-0.4, -0.2) is 56.9 Å². The zero-order valence-corrected chi connectivity index (χ0v) is 12.5. The monoisotopic (exact) mass is 272 g/mol.